The zero-order valence-electron chi connectivity index (χ0n) is 12.8. The minimum atomic E-state index is -0.367. The molecular formula is C15H20N4O2. The van der Waals surface area contributed by atoms with Crippen molar-refractivity contribution in [2.75, 3.05) is 12.4 Å². The van der Waals surface area contributed by atoms with Crippen molar-refractivity contribution in [3.05, 3.63) is 50.8 Å². The van der Waals surface area contributed by atoms with Gasteiger partial charge in [0.2, 0.25) is 0 Å². The number of hydrogen-bond donors (Lipinski definition) is 1. The van der Waals surface area contributed by atoms with Crippen LogP contribution in [0.2, 0.25) is 0 Å². The third kappa shape index (κ3) is 2.74. The van der Waals surface area contributed by atoms with Gasteiger partial charge in [0, 0.05) is 24.4 Å². The molecule has 6 nitrogen and oxygen atoms in total. The molecule has 112 valence electrons. The van der Waals surface area contributed by atoms with Gasteiger partial charge < -0.3 is 5.32 Å². The number of anilines is 1. The third-order valence-electron chi connectivity index (χ3n) is 3.78. The summed E-state index contributed by atoms with van der Waals surface area (Å²) < 4.78 is 1.91. The van der Waals surface area contributed by atoms with Gasteiger partial charge in [0.25, 0.3) is 5.69 Å². The second kappa shape index (κ2) is 5.95. The smallest absolute Gasteiger partial charge is 0.292 e. The molecule has 0 amide bonds. The first-order valence-electron chi connectivity index (χ1n) is 6.96. The Kier molecular flexibility index (Phi) is 4.26. The number of nitro benzene ring substituents is 1. The standard InChI is InChI=1S/C15H20N4O2/c1-5-13-10(2)17-18(11(13)3)9-12-7-6-8-14(19(20)21)15(12)16-4/h6-8,16H,5,9H2,1-4H3. The maximum Gasteiger partial charge on any atom is 0.292 e. The molecule has 0 spiro atoms. The predicted molar refractivity (Wildman–Crippen MR) is 82.8 cm³/mol. The lowest BCUT2D eigenvalue weighted by Gasteiger charge is -2.11. The Morgan fingerprint density at radius 2 is 2.10 bits per heavy atom. The molecule has 0 fully saturated rings. The molecule has 1 heterocycles. The fraction of sp³-hybridized carbons (Fsp3) is 0.400. The highest BCUT2D eigenvalue weighted by Crippen LogP contribution is 2.29. The van der Waals surface area contributed by atoms with E-state index < -0.39 is 0 Å². The van der Waals surface area contributed by atoms with Crippen LogP contribution in [-0.2, 0) is 13.0 Å². The average Bonchev–Trinajstić information content (AvgIpc) is 2.72. The van der Waals surface area contributed by atoms with E-state index in [1.54, 1.807) is 13.1 Å². The van der Waals surface area contributed by atoms with Gasteiger partial charge >= 0.3 is 0 Å². The van der Waals surface area contributed by atoms with Gasteiger partial charge in [0.15, 0.2) is 0 Å². The maximum absolute atomic E-state index is 11.1. The normalized spacial score (nSPS) is 10.7. The van der Waals surface area contributed by atoms with E-state index in [-0.39, 0.29) is 10.6 Å². The molecule has 0 aliphatic heterocycles. The van der Waals surface area contributed by atoms with Gasteiger partial charge in [-0.15, -0.1) is 0 Å². The zero-order valence-corrected chi connectivity index (χ0v) is 12.8. The minimum Gasteiger partial charge on any atom is -0.382 e. The van der Waals surface area contributed by atoms with Crippen LogP contribution in [0.15, 0.2) is 18.2 Å². The highest BCUT2D eigenvalue weighted by atomic mass is 16.6. The summed E-state index contributed by atoms with van der Waals surface area (Å²) in [5, 5.41) is 18.6. The van der Waals surface area contributed by atoms with Crippen LogP contribution in [0.25, 0.3) is 0 Å². The summed E-state index contributed by atoms with van der Waals surface area (Å²) in [6.07, 6.45) is 0.936. The van der Waals surface area contributed by atoms with Crippen LogP contribution >= 0.6 is 0 Å². The summed E-state index contributed by atoms with van der Waals surface area (Å²) in [4.78, 5) is 10.7. The van der Waals surface area contributed by atoms with Gasteiger partial charge in [-0.3, -0.25) is 14.8 Å². The first kappa shape index (κ1) is 15.0. The van der Waals surface area contributed by atoms with Gasteiger partial charge in [0.1, 0.15) is 5.69 Å². The molecular weight excluding hydrogens is 268 g/mol. The summed E-state index contributed by atoms with van der Waals surface area (Å²) >= 11 is 0. The van der Waals surface area contributed by atoms with Gasteiger partial charge in [-0.2, -0.15) is 5.10 Å². The van der Waals surface area contributed by atoms with Crippen molar-refractivity contribution in [3.63, 3.8) is 0 Å². The van der Waals surface area contributed by atoms with Crippen LogP contribution in [0.1, 0.15) is 29.4 Å². The Morgan fingerprint density at radius 3 is 2.62 bits per heavy atom. The molecule has 21 heavy (non-hydrogen) atoms. The molecule has 2 rings (SSSR count). The Morgan fingerprint density at radius 1 is 1.38 bits per heavy atom. The SMILES string of the molecule is CCc1c(C)nn(Cc2cccc([N+](=O)[O-])c2NC)c1C. The Labute approximate surface area is 123 Å². The summed E-state index contributed by atoms with van der Waals surface area (Å²) in [6, 6.07) is 5.11. The fourth-order valence-electron chi connectivity index (χ4n) is 2.72. The van der Waals surface area contributed by atoms with Crippen LogP contribution in [0.5, 0.6) is 0 Å². The molecule has 0 bridgehead atoms. The van der Waals surface area contributed by atoms with Crippen molar-refractivity contribution in [2.45, 2.75) is 33.7 Å². The number of rotatable bonds is 5. The molecule has 0 saturated heterocycles. The van der Waals surface area contributed by atoms with E-state index in [2.05, 4.69) is 17.3 Å². The Hall–Kier alpha value is -2.37. The lowest BCUT2D eigenvalue weighted by Crippen LogP contribution is -2.08. The summed E-state index contributed by atoms with van der Waals surface area (Å²) in [5.41, 5.74) is 4.88. The first-order chi connectivity index (χ1) is 9.99. The van der Waals surface area contributed by atoms with Crippen molar-refractivity contribution >= 4 is 11.4 Å². The van der Waals surface area contributed by atoms with Crippen LogP contribution < -0.4 is 5.32 Å². The summed E-state index contributed by atoms with van der Waals surface area (Å²) in [7, 11) is 1.70. The molecule has 2 aromatic rings. The van der Waals surface area contributed by atoms with Crippen LogP contribution in [0, 0.1) is 24.0 Å². The number of benzene rings is 1. The molecule has 0 unspecified atom stereocenters. The second-order valence-electron chi connectivity index (χ2n) is 4.98. The first-order valence-corrected chi connectivity index (χ1v) is 6.96. The lowest BCUT2D eigenvalue weighted by molar-refractivity contribution is -0.384. The highest BCUT2D eigenvalue weighted by Gasteiger charge is 2.18. The van der Waals surface area contributed by atoms with Crippen LogP contribution in [0.4, 0.5) is 11.4 Å². The van der Waals surface area contributed by atoms with E-state index in [0.29, 0.717) is 12.2 Å². The number of nitro groups is 1. The molecule has 1 aromatic carbocycles. The van der Waals surface area contributed by atoms with Crippen LogP contribution in [-0.4, -0.2) is 21.8 Å². The predicted octanol–water partition coefficient (Wildman–Crippen LogP) is 3.06. The number of aryl methyl sites for hydroxylation is 1. The van der Waals surface area contributed by atoms with E-state index in [1.807, 2.05) is 24.6 Å². The molecule has 6 heteroatoms. The second-order valence-corrected chi connectivity index (χ2v) is 4.98. The number of nitrogens with zero attached hydrogens (tertiary/aromatic N) is 3. The van der Waals surface area contributed by atoms with Gasteiger partial charge in [-0.25, -0.2) is 0 Å². The lowest BCUT2D eigenvalue weighted by atomic mass is 10.1. The molecule has 0 radical (unpaired) electrons. The Bertz CT molecular complexity index is 677. The number of para-hydroxylation sites is 1. The van der Waals surface area contributed by atoms with E-state index in [0.717, 1.165) is 23.4 Å². The quantitative estimate of drug-likeness (QED) is 0.678. The van der Waals surface area contributed by atoms with Crippen molar-refractivity contribution in [3.8, 4) is 0 Å². The highest BCUT2D eigenvalue weighted by molar-refractivity contribution is 5.66. The van der Waals surface area contributed by atoms with Gasteiger partial charge in [-0.05, 0) is 25.8 Å². The van der Waals surface area contributed by atoms with E-state index in [9.17, 15) is 10.1 Å². The minimum absolute atomic E-state index is 0.0900. The molecule has 1 aromatic heterocycles. The fourth-order valence-corrected chi connectivity index (χ4v) is 2.72. The molecule has 0 aliphatic rings. The number of nitrogens with one attached hydrogen (secondary N) is 1. The molecule has 0 saturated carbocycles. The van der Waals surface area contributed by atoms with Gasteiger partial charge in [0.05, 0.1) is 17.2 Å². The van der Waals surface area contributed by atoms with E-state index in [1.165, 1.54) is 11.6 Å². The molecule has 1 N–H and O–H groups in total. The number of hydrogen-bond acceptors (Lipinski definition) is 4. The van der Waals surface area contributed by atoms with E-state index in [4.69, 9.17) is 0 Å². The van der Waals surface area contributed by atoms with Crippen LogP contribution in [0.3, 0.4) is 0 Å². The molecule has 0 atom stereocenters. The number of aromatic nitrogens is 2. The largest absolute Gasteiger partial charge is 0.382 e. The zero-order chi connectivity index (χ0) is 15.6. The Balaban J connectivity index is 2.45. The maximum atomic E-state index is 11.1. The third-order valence-corrected chi connectivity index (χ3v) is 3.78. The van der Waals surface area contributed by atoms with Crippen molar-refractivity contribution in [2.24, 2.45) is 0 Å². The van der Waals surface area contributed by atoms with Crippen molar-refractivity contribution in [1.29, 1.82) is 0 Å². The summed E-state index contributed by atoms with van der Waals surface area (Å²) in [5.74, 6) is 0. The average molecular weight is 288 g/mol. The monoisotopic (exact) mass is 288 g/mol. The van der Waals surface area contributed by atoms with Crippen molar-refractivity contribution < 1.29 is 4.92 Å². The van der Waals surface area contributed by atoms with Crippen molar-refractivity contribution in [1.82, 2.24) is 9.78 Å². The van der Waals surface area contributed by atoms with Gasteiger partial charge in [-0.1, -0.05) is 19.1 Å². The van der Waals surface area contributed by atoms with E-state index >= 15 is 0 Å². The molecule has 0 aliphatic carbocycles. The summed E-state index contributed by atoms with van der Waals surface area (Å²) in [6.45, 7) is 6.66. The topological polar surface area (TPSA) is 73.0 Å².